The number of ether oxygens (including phenoxy) is 1. The summed E-state index contributed by atoms with van der Waals surface area (Å²) in [6.07, 6.45) is -1.72. The Labute approximate surface area is 135 Å². The zero-order chi connectivity index (χ0) is 17.3. The molecule has 0 saturated carbocycles. The van der Waals surface area contributed by atoms with Gasteiger partial charge in [0, 0.05) is 18.4 Å². The van der Waals surface area contributed by atoms with Gasteiger partial charge < -0.3 is 15.8 Å². The van der Waals surface area contributed by atoms with Crippen molar-refractivity contribution >= 4 is 29.4 Å². The van der Waals surface area contributed by atoms with Gasteiger partial charge in [0.1, 0.15) is 12.4 Å². The summed E-state index contributed by atoms with van der Waals surface area (Å²) >= 11 is 1.36. The predicted molar refractivity (Wildman–Crippen MR) is 82.9 cm³/mol. The van der Waals surface area contributed by atoms with Crippen LogP contribution >= 0.6 is 11.8 Å². The number of rotatable bonds is 7. The number of anilines is 1. The molecule has 1 rings (SSSR count). The number of thioether (sulfide) groups is 1. The molecule has 0 amide bonds. The van der Waals surface area contributed by atoms with E-state index in [0.717, 1.165) is 0 Å². The summed E-state index contributed by atoms with van der Waals surface area (Å²) in [6, 6.07) is 1.47. The minimum atomic E-state index is -4.41. The van der Waals surface area contributed by atoms with Gasteiger partial charge >= 0.3 is 6.18 Å². The summed E-state index contributed by atoms with van der Waals surface area (Å²) in [6.45, 7) is -1.36. The first kappa shape index (κ1) is 19.0. The van der Waals surface area contributed by atoms with Crippen molar-refractivity contribution in [2.75, 3.05) is 24.7 Å². The van der Waals surface area contributed by atoms with Crippen LogP contribution in [0.3, 0.4) is 0 Å². The Morgan fingerprint density at radius 1 is 1.52 bits per heavy atom. The molecule has 0 aliphatic carbocycles. The minimum Gasteiger partial charge on any atom is -0.484 e. The topological polar surface area (TPSA) is 109 Å². The molecule has 0 unspecified atom stereocenters. The summed E-state index contributed by atoms with van der Waals surface area (Å²) < 4.78 is 40.8. The van der Waals surface area contributed by atoms with Crippen molar-refractivity contribution in [2.45, 2.75) is 24.2 Å². The molecule has 0 bridgehead atoms. The normalized spacial score (nSPS) is 12.1. The second kappa shape index (κ2) is 9.18. The number of aromatic nitrogens is 2. The van der Waals surface area contributed by atoms with Crippen molar-refractivity contribution in [3.05, 3.63) is 12.3 Å². The van der Waals surface area contributed by atoms with Crippen molar-refractivity contribution in [2.24, 2.45) is 10.7 Å². The van der Waals surface area contributed by atoms with Crippen LogP contribution in [-0.2, 0) is 4.74 Å². The molecule has 0 aromatic carbocycles. The summed E-state index contributed by atoms with van der Waals surface area (Å²) in [4.78, 5) is 11.3. The van der Waals surface area contributed by atoms with Crippen molar-refractivity contribution in [3.63, 3.8) is 0 Å². The van der Waals surface area contributed by atoms with Crippen LogP contribution in [-0.4, -0.2) is 47.4 Å². The largest absolute Gasteiger partial charge is 0.484 e. The predicted octanol–water partition coefficient (Wildman–Crippen LogP) is 2.26. The zero-order valence-electron chi connectivity index (χ0n) is 12.4. The Morgan fingerprint density at radius 3 is 2.91 bits per heavy atom. The average molecular weight is 350 g/mol. The molecule has 23 heavy (non-hydrogen) atoms. The summed E-state index contributed by atoms with van der Waals surface area (Å²) in [5, 5.41) is 10.3. The second-order valence-electron chi connectivity index (χ2n) is 4.25. The number of methoxy groups -OCH3 is 1. The molecule has 11 heteroatoms. The average Bonchev–Trinajstić information content (AvgIpc) is 2.49. The van der Waals surface area contributed by atoms with Crippen LogP contribution in [0.2, 0.25) is 0 Å². The van der Waals surface area contributed by atoms with Crippen LogP contribution in [0.15, 0.2) is 22.4 Å². The number of nitrogens with zero attached hydrogens (tertiary/aromatic N) is 3. The number of hydrogen-bond donors (Lipinski definition) is 3. The fraction of sp³-hybridized carbons (Fsp3) is 0.500. The molecule has 128 valence electrons. The number of guanidine groups is 1. The van der Waals surface area contributed by atoms with Gasteiger partial charge in [-0.15, -0.1) is 0 Å². The van der Waals surface area contributed by atoms with E-state index in [4.69, 9.17) is 15.9 Å². The lowest BCUT2D eigenvalue weighted by molar-refractivity contribution is -0.118. The van der Waals surface area contributed by atoms with Crippen LogP contribution in [0, 0.1) is 5.41 Å². The molecular weight excluding hydrogens is 333 g/mol. The molecule has 4 N–H and O–H groups in total. The highest BCUT2D eigenvalue weighted by Crippen LogP contribution is 2.17. The van der Waals surface area contributed by atoms with Gasteiger partial charge in [-0.1, -0.05) is 11.8 Å². The summed E-state index contributed by atoms with van der Waals surface area (Å²) in [5.74, 6) is 0.768. The third-order valence-electron chi connectivity index (χ3n) is 2.34. The van der Waals surface area contributed by atoms with Gasteiger partial charge in [0.2, 0.25) is 0 Å². The first-order valence-corrected chi connectivity index (χ1v) is 7.49. The third-order valence-corrected chi connectivity index (χ3v) is 3.29. The fourth-order valence-corrected chi connectivity index (χ4v) is 2.09. The maximum Gasteiger partial charge on any atom is 0.408 e. The molecule has 7 nitrogen and oxygen atoms in total. The van der Waals surface area contributed by atoms with E-state index in [1.807, 2.05) is 0 Å². The van der Waals surface area contributed by atoms with E-state index in [-0.39, 0.29) is 17.7 Å². The van der Waals surface area contributed by atoms with Crippen LogP contribution in [0.1, 0.15) is 12.8 Å². The molecule has 1 aromatic rings. The Hall–Kier alpha value is -2.04. The van der Waals surface area contributed by atoms with E-state index in [2.05, 4.69) is 20.3 Å². The highest BCUT2D eigenvalue weighted by Gasteiger charge is 2.26. The molecule has 1 aromatic heterocycles. The standard InChI is InChI=1S/C12H17F3N6OS/c1-22-8(16)3-2-6-23-11-18-5-4-9(21-11)20-10(17)19-7-12(13,14)15/h4-5,16H,2-3,6-7H2,1H3,(H3,17,18,19,20,21). The molecule has 0 fully saturated rings. The number of halogens is 3. The molecule has 0 spiro atoms. The number of hydrogen-bond acceptors (Lipinski definition) is 6. The Morgan fingerprint density at radius 2 is 2.26 bits per heavy atom. The SMILES string of the molecule is COC(=N)CCCSc1nccc(NC(N)=NCC(F)(F)F)n1. The molecular formula is C12H17F3N6OS. The van der Waals surface area contributed by atoms with Gasteiger partial charge in [-0.05, 0) is 12.5 Å². The lowest BCUT2D eigenvalue weighted by Crippen LogP contribution is -2.26. The van der Waals surface area contributed by atoms with Gasteiger partial charge in [-0.25, -0.2) is 15.0 Å². The van der Waals surface area contributed by atoms with E-state index in [9.17, 15) is 13.2 Å². The zero-order valence-corrected chi connectivity index (χ0v) is 13.2. The maximum absolute atomic E-state index is 12.0. The van der Waals surface area contributed by atoms with Crippen LogP contribution < -0.4 is 11.1 Å². The van der Waals surface area contributed by atoms with E-state index in [1.54, 1.807) is 0 Å². The molecule has 0 saturated heterocycles. The molecule has 1 heterocycles. The van der Waals surface area contributed by atoms with Gasteiger partial charge in [-0.2, -0.15) is 13.2 Å². The van der Waals surface area contributed by atoms with Gasteiger partial charge in [0.25, 0.3) is 0 Å². The highest BCUT2D eigenvalue weighted by atomic mass is 32.2. The fourth-order valence-electron chi connectivity index (χ4n) is 1.32. The summed E-state index contributed by atoms with van der Waals surface area (Å²) in [5.41, 5.74) is 5.37. The monoisotopic (exact) mass is 350 g/mol. The van der Waals surface area contributed by atoms with Crippen molar-refractivity contribution in [1.29, 1.82) is 5.41 Å². The van der Waals surface area contributed by atoms with Crippen molar-refractivity contribution in [1.82, 2.24) is 9.97 Å². The Bertz CT molecular complexity index is 552. The van der Waals surface area contributed by atoms with Crippen LogP contribution in [0.4, 0.5) is 19.0 Å². The Balaban J connectivity index is 2.48. The van der Waals surface area contributed by atoms with Crippen molar-refractivity contribution < 1.29 is 17.9 Å². The number of nitrogens with one attached hydrogen (secondary N) is 2. The minimum absolute atomic E-state index is 0.204. The Kier molecular flexibility index (Phi) is 7.59. The molecule has 0 aliphatic rings. The lowest BCUT2D eigenvalue weighted by atomic mass is 10.3. The summed E-state index contributed by atoms with van der Waals surface area (Å²) in [7, 11) is 1.44. The van der Waals surface area contributed by atoms with E-state index in [0.29, 0.717) is 23.8 Å². The highest BCUT2D eigenvalue weighted by molar-refractivity contribution is 7.99. The van der Waals surface area contributed by atoms with Gasteiger partial charge in [0.05, 0.1) is 7.11 Å². The molecule has 0 atom stereocenters. The lowest BCUT2D eigenvalue weighted by Gasteiger charge is -2.07. The number of nitrogens with two attached hydrogens (primary N) is 1. The van der Waals surface area contributed by atoms with Gasteiger partial charge in [-0.3, -0.25) is 5.41 Å². The van der Waals surface area contributed by atoms with Crippen LogP contribution in [0.25, 0.3) is 0 Å². The van der Waals surface area contributed by atoms with E-state index in [1.165, 1.54) is 31.1 Å². The second-order valence-corrected chi connectivity index (χ2v) is 5.31. The van der Waals surface area contributed by atoms with E-state index < -0.39 is 12.7 Å². The molecule has 0 aliphatic heterocycles. The van der Waals surface area contributed by atoms with Crippen LogP contribution in [0.5, 0.6) is 0 Å². The first-order valence-electron chi connectivity index (χ1n) is 6.51. The van der Waals surface area contributed by atoms with E-state index >= 15 is 0 Å². The third kappa shape index (κ3) is 8.86. The number of alkyl halides is 3. The van der Waals surface area contributed by atoms with Gasteiger partial charge in [0.15, 0.2) is 17.0 Å². The maximum atomic E-state index is 12.0. The first-order chi connectivity index (χ1) is 10.8. The quantitative estimate of drug-likeness (QED) is 0.229. The number of aliphatic imine (C=N–C) groups is 1. The molecule has 0 radical (unpaired) electrons. The van der Waals surface area contributed by atoms with Crippen molar-refractivity contribution in [3.8, 4) is 0 Å². The smallest absolute Gasteiger partial charge is 0.408 e.